The van der Waals surface area contributed by atoms with Gasteiger partial charge in [-0.1, -0.05) is 36.4 Å². The van der Waals surface area contributed by atoms with E-state index >= 15 is 0 Å². The smallest absolute Gasteiger partial charge is 0.278 e. The van der Waals surface area contributed by atoms with Gasteiger partial charge in [0.15, 0.2) is 0 Å². The number of morpholine rings is 1. The first-order chi connectivity index (χ1) is 15.0. The number of carbonyl (C=O) groups is 2. The van der Waals surface area contributed by atoms with Crippen molar-refractivity contribution >= 4 is 23.1 Å². The fourth-order valence-corrected chi connectivity index (χ4v) is 4.08. The highest BCUT2D eigenvalue weighted by Crippen LogP contribution is 2.34. The monoisotopic (exact) mass is 419 g/mol. The molecule has 2 amide bonds. The van der Waals surface area contributed by atoms with Crippen LogP contribution in [-0.4, -0.2) is 68.1 Å². The lowest BCUT2D eigenvalue weighted by atomic mass is 9.99. The van der Waals surface area contributed by atoms with Crippen LogP contribution in [0.1, 0.15) is 16.7 Å². The second-order valence-electron chi connectivity index (χ2n) is 8.13. The van der Waals surface area contributed by atoms with Crippen LogP contribution in [-0.2, 0) is 14.3 Å². The van der Waals surface area contributed by atoms with Crippen LogP contribution in [0.25, 0.3) is 5.57 Å². The molecule has 2 aromatic rings. The van der Waals surface area contributed by atoms with Gasteiger partial charge >= 0.3 is 0 Å². The van der Waals surface area contributed by atoms with E-state index in [1.54, 1.807) is 0 Å². The number of hydrogen-bond donors (Lipinski definition) is 0. The topological polar surface area (TPSA) is 53.1 Å². The number of nitrogens with zero attached hydrogens (tertiary/aromatic N) is 3. The van der Waals surface area contributed by atoms with Crippen molar-refractivity contribution < 1.29 is 14.3 Å². The Labute approximate surface area is 183 Å². The van der Waals surface area contributed by atoms with Gasteiger partial charge in [-0.3, -0.25) is 19.4 Å². The highest BCUT2D eigenvalue weighted by atomic mass is 16.5. The van der Waals surface area contributed by atoms with E-state index in [9.17, 15) is 9.59 Å². The molecular weight excluding hydrogens is 390 g/mol. The fraction of sp³-hybridized carbons (Fsp3) is 0.360. The first kappa shape index (κ1) is 21.3. The van der Waals surface area contributed by atoms with E-state index in [2.05, 4.69) is 4.90 Å². The Morgan fingerprint density at radius 3 is 2.29 bits per heavy atom. The summed E-state index contributed by atoms with van der Waals surface area (Å²) in [7, 11) is 1.85. The fourth-order valence-electron chi connectivity index (χ4n) is 4.08. The van der Waals surface area contributed by atoms with Crippen LogP contribution in [0.3, 0.4) is 0 Å². The van der Waals surface area contributed by atoms with E-state index in [0.29, 0.717) is 37.6 Å². The van der Waals surface area contributed by atoms with Gasteiger partial charge in [0.2, 0.25) is 0 Å². The van der Waals surface area contributed by atoms with E-state index in [4.69, 9.17) is 4.74 Å². The van der Waals surface area contributed by atoms with Crippen molar-refractivity contribution in [1.29, 1.82) is 0 Å². The Bertz CT molecular complexity index is 1010. The summed E-state index contributed by atoms with van der Waals surface area (Å²) in [5.74, 6) is -0.461. The zero-order valence-corrected chi connectivity index (χ0v) is 18.4. The van der Waals surface area contributed by atoms with E-state index in [-0.39, 0.29) is 11.8 Å². The van der Waals surface area contributed by atoms with Gasteiger partial charge in [-0.15, -0.1) is 0 Å². The van der Waals surface area contributed by atoms with Crippen LogP contribution in [0.2, 0.25) is 0 Å². The molecule has 2 aromatic carbocycles. The maximum atomic E-state index is 13.5. The number of aryl methyl sites for hydroxylation is 2. The molecular formula is C25H29N3O3. The lowest BCUT2D eigenvalue weighted by molar-refractivity contribution is -0.137. The highest BCUT2D eigenvalue weighted by Gasteiger charge is 2.41. The number of para-hydroxylation sites is 1. The Morgan fingerprint density at radius 2 is 1.61 bits per heavy atom. The molecule has 2 heterocycles. The van der Waals surface area contributed by atoms with Crippen molar-refractivity contribution in [1.82, 2.24) is 9.80 Å². The molecule has 0 bridgehead atoms. The van der Waals surface area contributed by atoms with Gasteiger partial charge in [0.25, 0.3) is 11.8 Å². The number of likely N-dealkylation sites (N-methyl/N-ethyl adjacent to an activating group) is 1. The highest BCUT2D eigenvalue weighted by molar-refractivity contribution is 6.36. The lowest BCUT2D eigenvalue weighted by Crippen LogP contribution is -2.44. The summed E-state index contributed by atoms with van der Waals surface area (Å²) >= 11 is 0. The van der Waals surface area contributed by atoms with E-state index in [0.717, 1.165) is 35.5 Å². The molecule has 31 heavy (non-hydrogen) atoms. The summed E-state index contributed by atoms with van der Waals surface area (Å²) < 4.78 is 5.40. The SMILES string of the molecule is Cc1ccc(C2=C(N(C)c3ccccc3)C(=O)N(CCN3CCOCC3)C2=O)cc1C. The van der Waals surface area contributed by atoms with E-state index in [1.165, 1.54) is 4.90 Å². The van der Waals surface area contributed by atoms with Gasteiger partial charge in [0.1, 0.15) is 5.70 Å². The number of rotatable bonds is 6. The van der Waals surface area contributed by atoms with Crippen molar-refractivity contribution in [2.24, 2.45) is 0 Å². The maximum absolute atomic E-state index is 13.5. The minimum absolute atomic E-state index is 0.223. The van der Waals surface area contributed by atoms with Gasteiger partial charge in [0.05, 0.1) is 18.8 Å². The van der Waals surface area contributed by atoms with Gasteiger partial charge < -0.3 is 9.64 Å². The predicted octanol–water partition coefficient (Wildman–Crippen LogP) is 2.85. The molecule has 0 atom stereocenters. The molecule has 0 aliphatic carbocycles. The summed E-state index contributed by atoms with van der Waals surface area (Å²) in [6.07, 6.45) is 0. The number of carbonyl (C=O) groups excluding carboxylic acids is 2. The Balaban J connectivity index is 1.69. The molecule has 0 radical (unpaired) electrons. The average molecular weight is 420 g/mol. The molecule has 162 valence electrons. The minimum Gasteiger partial charge on any atom is -0.379 e. The number of imide groups is 1. The summed E-state index contributed by atoms with van der Waals surface area (Å²) in [6.45, 7) is 8.13. The first-order valence-corrected chi connectivity index (χ1v) is 10.7. The Kier molecular flexibility index (Phi) is 6.20. The molecule has 1 saturated heterocycles. The van der Waals surface area contributed by atoms with Gasteiger partial charge in [-0.05, 0) is 42.7 Å². The predicted molar refractivity (Wildman–Crippen MR) is 122 cm³/mol. The third kappa shape index (κ3) is 4.27. The van der Waals surface area contributed by atoms with Crippen LogP contribution in [0.5, 0.6) is 0 Å². The molecule has 2 aliphatic rings. The second-order valence-corrected chi connectivity index (χ2v) is 8.13. The lowest BCUT2D eigenvalue weighted by Gasteiger charge is -2.28. The summed E-state index contributed by atoms with van der Waals surface area (Å²) in [4.78, 5) is 32.5. The largest absolute Gasteiger partial charge is 0.379 e. The van der Waals surface area contributed by atoms with Crippen LogP contribution < -0.4 is 4.90 Å². The number of amides is 2. The van der Waals surface area contributed by atoms with E-state index < -0.39 is 0 Å². The molecule has 0 aromatic heterocycles. The Morgan fingerprint density at radius 1 is 0.903 bits per heavy atom. The number of benzene rings is 2. The van der Waals surface area contributed by atoms with Crippen LogP contribution in [0.4, 0.5) is 5.69 Å². The zero-order valence-electron chi connectivity index (χ0n) is 18.4. The van der Waals surface area contributed by atoms with Gasteiger partial charge in [-0.25, -0.2) is 0 Å². The Hall–Kier alpha value is -2.96. The third-order valence-corrected chi connectivity index (χ3v) is 6.16. The molecule has 1 fully saturated rings. The van der Waals surface area contributed by atoms with Crippen molar-refractivity contribution in [2.45, 2.75) is 13.8 Å². The number of hydrogen-bond acceptors (Lipinski definition) is 5. The second kappa shape index (κ2) is 9.04. The zero-order chi connectivity index (χ0) is 22.0. The third-order valence-electron chi connectivity index (χ3n) is 6.16. The molecule has 6 nitrogen and oxygen atoms in total. The molecule has 0 N–H and O–H groups in total. The van der Waals surface area contributed by atoms with Crippen molar-refractivity contribution in [2.75, 3.05) is 51.3 Å². The molecule has 0 spiro atoms. The molecule has 0 saturated carbocycles. The summed E-state index contributed by atoms with van der Waals surface area (Å²) in [5.41, 5.74) is 4.81. The van der Waals surface area contributed by atoms with Gasteiger partial charge in [0, 0.05) is 38.9 Å². The standard InChI is InChI=1S/C25H29N3O3/c1-18-9-10-20(17-19(18)2)22-23(26(3)21-7-5-4-6-8-21)25(30)28(24(22)29)12-11-27-13-15-31-16-14-27/h4-10,17H,11-16H2,1-3H3. The molecule has 6 heteroatoms. The van der Waals surface area contributed by atoms with Crippen LogP contribution in [0.15, 0.2) is 54.2 Å². The van der Waals surface area contributed by atoms with E-state index in [1.807, 2.05) is 74.3 Å². The normalized spacial score (nSPS) is 17.6. The first-order valence-electron chi connectivity index (χ1n) is 10.7. The average Bonchev–Trinajstić information content (AvgIpc) is 3.04. The van der Waals surface area contributed by atoms with Crippen LogP contribution in [0, 0.1) is 13.8 Å². The summed E-state index contributed by atoms with van der Waals surface area (Å²) in [6, 6.07) is 15.6. The number of anilines is 1. The van der Waals surface area contributed by atoms with Gasteiger partial charge in [-0.2, -0.15) is 0 Å². The summed E-state index contributed by atoms with van der Waals surface area (Å²) in [5, 5.41) is 0. The maximum Gasteiger partial charge on any atom is 0.278 e. The molecule has 2 aliphatic heterocycles. The van der Waals surface area contributed by atoms with Crippen LogP contribution >= 0.6 is 0 Å². The minimum atomic E-state index is -0.238. The van der Waals surface area contributed by atoms with Crippen molar-refractivity contribution in [3.8, 4) is 0 Å². The molecule has 4 rings (SSSR count). The van der Waals surface area contributed by atoms with Crippen molar-refractivity contribution in [3.63, 3.8) is 0 Å². The quantitative estimate of drug-likeness (QED) is 0.674. The molecule has 0 unspecified atom stereocenters. The number of ether oxygens (including phenoxy) is 1. The van der Waals surface area contributed by atoms with Crippen molar-refractivity contribution in [3.05, 3.63) is 70.9 Å².